The average molecular weight is 339 g/mol. The van der Waals surface area contributed by atoms with E-state index in [9.17, 15) is 25.0 Å². The van der Waals surface area contributed by atoms with Gasteiger partial charge >= 0.3 is 11.5 Å². The van der Waals surface area contributed by atoms with Crippen molar-refractivity contribution in [2.45, 2.75) is 20.2 Å². The van der Waals surface area contributed by atoms with Crippen molar-refractivity contribution in [1.82, 2.24) is 19.6 Å². The van der Waals surface area contributed by atoms with Gasteiger partial charge in [-0.2, -0.15) is 9.78 Å². The number of aromatic nitrogens is 4. The first-order valence-corrected chi connectivity index (χ1v) is 6.51. The van der Waals surface area contributed by atoms with Crippen LogP contribution in [0.2, 0.25) is 0 Å². The number of nitrogens with one attached hydrogen (secondary N) is 1. The first kappa shape index (κ1) is 17.0. The number of carbonyl (C=O) groups excluding carboxylic acids is 1. The Morgan fingerprint density at radius 1 is 1.38 bits per heavy atom. The molecule has 128 valence electrons. The molecule has 0 aliphatic heterocycles. The quantitative estimate of drug-likeness (QED) is 0.561. The minimum Gasteiger partial charge on any atom is -0.362 e. The molecule has 0 bridgehead atoms. The topological polar surface area (TPSA) is 160 Å². The Hall–Kier alpha value is -3.35. The summed E-state index contributed by atoms with van der Waals surface area (Å²) >= 11 is 0. The van der Waals surface area contributed by atoms with Crippen LogP contribution < -0.4 is 5.32 Å². The van der Waals surface area contributed by atoms with Crippen LogP contribution in [0.3, 0.4) is 0 Å². The highest BCUT2D eigenvalue weighted by atomic mass is 16.6. The molecule has 1 amide bonds. The molecular weight excluding hydrogens is 326 g/mol. The fraction of sp³-hybridized carbons (Fsp3) is 0.364. The molecule has 0 saturated carbocycles. The van der Waals surface area contributed by atoms with Crippen LogP contribution >= 0.6 is 0 Å². The summed E-state index contributed by atoms with van der Waals surface area (Å²) in [4.78, 5) is 31.9. The standard InChI is InChI=1S/C11H13N7O6/c1-7-10(17(20)21)11(18(22)23)14-16(7)5-9(19)13-8-3-12-15(4-8)6-24-2/h3-4H,5-6H2,1-2H3,(H,13,19). The third-order valence-corrected chi connectivity index (χ3v) is 2.98. The summed E-state index contributed by atoms with van der Waals surface area (Å²) in [6, 6.07) is 0. The second kappa shape index (κ2) is 6.82. The van der Waals surface area contributed by atoms with Crippen molar-refractivity contribution < 1.29 is 19.4 Å². The zero-order valence-electron chi connectivity index (χ0n) is 12.7. The summed E-state index contributed by atoms with van der Waals surface area (Å²) in [5.74, 6) is -1.47. The molecule has 0 unspecified atom stereocenters. The predicted molar refractivity (Wildman–Crippen MR) is 78.1 cm³/mol. The summed E-state index contributed by atoms with van der Waals surface area (Å²) in [5.41, 5.74) is -0.441. The van der Waals surface area contributed by atoms with Gasteiger partial charge in [0.15, 0.2) is 0 Å². The van der Waals surface area contributed by atoms with Crippen LogP contribution in [-0.4, -0.2) is 42.4 Å². The maximum Gasteiger partial charge on any atom is 0.468 e. The number of nitro groups is 2. The van der Waals surface area contributed by atoms with Gasteiger partial charge in [0, 0.05) is 7.11 Å². The van der Waals surface area contributed by atoms with Crippen molar-refractivity contribution in [3.8, 4) is 0 Å². The molecule has 1 N–H and O–H groups in total. The van der Waals surface area contributed by atoms with Crippen LogP contribution in [0, 0.1) is 27.2 Å². The van der Waals surface area contributed by atoms with E-state index in [1.54, 1.807) is 0 Å². The van der Waals surface area contributed by atoms with Crippen LogP contribution in [0.5, 0.6) is 0 Å². The van der Waals surface area contributed by atoms with Gasteiger partial charge in [0.05, 0.1) is 28.1 Å². The minimum absolute atomic E-state index is 0.0862. The normalized spacial score (nSPS) is 10.6. The number of hydrogen-bond acceptors (Lipinski definition) is 8. The number of amides is 1. The lowest BCUT2D eigenvalue weighted by Crippen LogP contribution is -2.20. The smallest absolute Gasteiger partial charge is 0.362 e. The molecule has 0 saturated heterocycles. The number of nitrogens with zero attached hydrogens (tertiary/aromatic N) is 6. The van der Waals surface area contributed by atoms with E-state index >= 15 is 0 Å². The van der Waals surface area contributed by atoms with Gasteiger partial charge in [-0.25, -0.2) is 4.68 Å². The molecule has 0 atom stereocenters. The zero-order chi connectivity index (χ0) is 17.9. The molecule has 2 rings (SSSR count). The number of hydrogen-bond donors (Lipinski definition) is 1. The van der Waals surface area contributed by atoms with Crippen molar-refractivity contribution >= 4 is 23.1 Å². The first-order chi connectivity index (χ1) is 11.3. The SMILES string of the molecule is COCn1cc(NC(=O)Cn2nc([N+](=O)[O-])c([N+](=O)[O-])c2C)cn1. The van der Waals surface area contributed by atoms with Crippen LogP contribution in [0.25, 0.3) is 0 Å². The van der Waals surface area contributed by atoms with Crippen molar-refractivity contribution in [1.29, 1.82) is 0 Å². The van der Waals surface area contributed by atoms with Crippen LogP contribution in [-0.2, 0) is 22.8 Å². The van der Waals surface area contributed by atoms with Crippen LogP contribution in [0.4, 0.5) is 17.2 Å². The summed E-state index contributed by atoms with van der Waals surface area (Å²) in [6.45, 7) is 1.06. The maximum absolute atomic E-state index is 12.0. The lowest BCUT2D eigenvalue weighted by molar-refractivity contribution is -0.424. The van der Waals surface area contributed by atoms with E-state index in [2.05, 4.69) is 15.5 Å². The fourth-order valence-corrected chi connectivity index (χ4v) is 1.98. The van der Waals surface area contributed by atoms with Gasteiger partial charge in [-0.05, 0) is 11.8 Å². The highest BCUT2D eigenvalue weighted by molar-refractivity contribution is 5.90. The van der Waals surface area contributed by atoms with E-state index in [1.807, 2.05) is 0 Å². The Kier molecular flexibility index (Phi) is 4.84. The first-order valence-electron chi connectivity index (χ1n) is 6.51. The van der Waals surface area contributed by atoms with Gasteiger partial charge in [0.25, 0.3) is 0 Å². The molecule has 0 aliphatic carbocycles. The molecule has 0 spiro atoms. The van der Waals surface area contributed by atoms with Gasteiger partial charge in [0.2, 0.25) is 5.91 Å². The third-order valence-electron chi connectivity index (χ3n) is 2.98. The van der Waals surface area contributed by atoms with Crippen molar-refractivity contribution in [2.75, 3.05) is 12.4 Å². The molecule has 13 nitrogen and oxygen atoms in total. The third kappa shape index (κ3) is 3.52. The van der Waals surface area contributed by atoms with Crippen LogP contribution in [0.15, 0.2) is 12.4 Å². The lowest BCUT2D eigenvalue weighted by atomic mass is 10.4. The van der Waals surface area contributed by atoms with Crippen molar-refractivity contribution in [3.63, 3.8) is 0 Å². The van der Waals surface area contributed by atoms with E-state index < -0.39 is 33.8 Å². The predicted octanol–water partition coefficient (Wildman–Crippen LogP) is 0.447. The fourth-order valence-electron chi connectivity index (χ4n) is 1.98. The monoisotopic (exact) mass is 339 g/mol. The van der Waals surface area contributed by atoms with E-state index in [4.69, 9.17) is 4.74 Å². The highest BCUT2D eigenvalue weighted by Gasteiger charge is 2.35. The van der Waals surface area contributed by atoms with Gasteiger partial charge in [-0.1, -0.05) is 0 Å². The number of rotatable bonds is 7. The molecular formula is C11H13N7O6. The van der Waals surface area contributed by atoms with Crippen molar-refractivity contribution in [2.24, 2.45) is 0 Å². The lowest BCUT2D eigenvalue weighted by Gasteiger charge is -2.01. The summed E-state index contributed by atoms with van der Waals surface area (Å²) in [5, 5.41) is 31.7. The van der Waals surface area contributed by atoms with Gasteiger partial charge in [-0.3, -0.25) is 14.9 Å². The molecule has 0 aliphatic rings. The van der Waals surface area contributed by atoms with Gasteiger partial charge in [0.1, 0.15) is 19.0 Å². The van der Waals surface area contributed by atoms with Gasteiger partial charge in [-0.15, -0.1) is 0 Å². The van der Waals surface area contributed by atoms with Gasteiger partial charge < -0.3 is 20.2 Å². The van der Waals surface area contributed by atoms with E-state index in [-0.39, 0.29) is 12.4 Å². The highest BCUT2D eigenvalue weighted by Crippen LogP contribution is 2.29. The van der Waals surface area contributed by atoms with Crippen molar-refractivity contribution in [3.05, 3.63) is 38.3 Å². The summed E-state index contributed by atoms with van der Waals surface area (Å²) < 4.78 is 7.21. The Morgan fingerprint density at radius 3 is 2.62 bits per heavy atom. The summed E-state index contributed by atoms with van der Waals surface area (Å²) in [7, 11) is 1.49. The van der Waals surface area contributed by atoms with E-state index in [0.717, 1.165) is 4.68 Å². The molecule has 24 heavy (non-hydrogen) atoms. The molecule has 0 radical (unpaired) electrons. The molecule has 13 heteroatoms. The van der Waals surface area contributed by atoms with Crippen LogP contribution in [0.1, 0.15) is 5.69 Å². The second-order valence-corrected chi connectivity index (χ2v) is 4.66. The van der Waals surface area contributed by atoms with E-state index in [1.165, 1.54) is 31.1 Å². The summed E-state index contributed by atoms with van der Waals surface area (Å²) in [6.07, 6.45) is 2.90. The molecule has 0 aromatic carbocycles. The number of ether oxygens (including phenoxy) is 1. The number of anilines is 1. The minimum atomic E-state index is -0.964. The molecule has 2 aromatic rings. The zero-order valence-corrected chi connectivity index (χ0v) is 12.7. The maximum atomic E-state index is 12.0. The molecule has 0 fully saturated rings. The Balaban J connectivity index is 2.15. The Bertz CT molecular complexity index is 795. The largest absolute Gasteiger partial charge is 0.468 e. The molecule has 2 aromatic heterocycles. The molecule has 2 heterocycles. The van der Waals surface area contributed by atoms with E-state index in [0.29, 0.717) is 5.69 Å². The number of methoxy groups -OCH3 is 1. The Labute approximate surface area is 134 Å². The Morgan fingerprint density at radius 2 is 2.08 bits per heavy atom. The average Bonchev–Trinajstić information content (AvgIpc) is 3.05. The number of carbonyl (C=O) groups is 1. The second-order valence-electron chi connectivity index (χ2n) is 4.66.